The highest BCUT2D eigenvalue weighted by Crippen LogP contribution is 2.30. The molecule has 4 heteroatoms. The van der Waals surface area contributed by atoms with Crippen LogP contribution in [0.4, 0.5) is 0 Å². The molecule has 2 aromatic heterocycles. The monoisotopic (exact) mass is 288 g/mol. The van der Waals surface area contributed by atoms with Gasteiger partial charge in [0.15, 0.2) is 0 Å². The maximum Gasteiger partial charge on any atom is 0.122 e. The molecule has 0 aliphatic carbocycles. The first-order chi connectivity index (χ1) is 9.83. The molecule has 1 aliphatic rings. The Morgan fingerprint density at radius 2 is 2.15 bits per heavy atom. The second-order valence-electron chi connectivity index (χ2n) is 5.18. The lowest BCUT2D eigenvalue weighted by Gasteiger charge is -2.34. The van der Waals surface area contributed by atoms with E-state index in [1.807, 2.05) is 31.1 Å². The van der Waals surface area contributed by atoms with Crippen molar-refractivity contribution in [3.8, 4) is 0 Å². The van der Waals surface area contributed by atoms with Gasteiger partial charge >= 0.3 is 0 Å². The number of aromatic nitrogens is 1. The van der Waals surface area contributed by atoms with Gasteiger partial charge in [-0.25, -0.2) is 0 Å². The molecule has 106 valence electrons. The summed E-state index contributed by atoms with van der Waals surface area (Å²) in [6, 6.07) is 8.82. The molecule has 0 saturated carbocycles. The SMILES string of the molecule is Cc1ccc(C2CSCCN2CCc2ccncc2)o1. The highest BCUT2D eigenvalue weighted by molar-refractivity contribution is 7.99. The van der Waals surface area contributed by atoms with E-state index in [4.69, 9.17) is 4.42 Å². The molecule has 1 saturated heterocycles. The number of hydrogen-bond donors (Lipinski definition) is 0. The van der Waals surface area contributed by atoms with Crippen LogP contribution in [0.5, 0.6) is 0 Å². The van der Waals surface area contributed by atoms with E-state index < -0.39 is 0 Å². The minimum absolute atomic E-state index is 0.421. The van der Waals surface area contributed by atoms with E-state index in [1.165, 1.54) is 11.3 Å². The molecule has 0 spiro atoms. The van der Waals surface area contributed by atoms with Crippen molar-refractivity contribution in [2.45, 2.75) is 19.4 Å². The van der Waals surface area contributed by atoms with Gasteiger partial charge in [-0.1, -0.05) is 0 Å². The average Bonchev–Trinajstić information content (AvgIpc) is 2.93. The third-order valence-corrected chi connectivity index (χ3v) is 4.79. The molecule has 20 heavy (non-hydrogen) atoms. The van der Waals surface area contributed by atoms with E-state index in [2.05, 4.69) is 34.1 Å². The Bertz CT molecular complexity index is 540. The quantitative estimate of drug-likeness (QED) is 0.863. The number of rotatable bonds is 4. The van der Waals surface area contributed by atoms with Gasteiger partial charge in [-0.05, 0) is 43.2 Å². The van der Waals surface area contributed by atoms with Gasteiger partial charge < -0.3 is 4.42 Å². The number of nitrogens with zero attached hydrogens (tertiary/aromatic N) is 2. The molecule has 1 unspecified atom stereocenters. The van der Waals surface area contributed by atoms with E-state index in [-0.39, 0.29) is 0 Å². The Labute approximate surface area is 124 Å². The molecule has 3 nitrogen and oxygen atoms in total. The zero-order chi connectivity index (χ0) is 13.8. The Kier molecular flexibility index (Phi) is 4.43. The Morgan fingerprint density at radius 3 is 2.90 bits per heavy atom. The van der Waals surface area contributed by atoms with Crippen LogP contribution in [0.2, 0.25) is 0 Å². The predicted molar refractivity (Wildman–Crippen MR) is 83.0 cm³/mol. The van der Waals surface area contributed by atoms with E-state index >= 15 is 0 Å². The molecule has 1 atom stereocenters. The van der Waals surface area contributed by atoms with Gasteiger partial charge in [0.2, 0.25) is 0 Å². The van der Waals surface area contributed by atoms with Crippen molar-refractivity contribution in [1.82, 2.24) is 9.88 Å². The van der Waals surface area contributed by atoms with Gasteiger partial charge in [0.1, 0.15) is 11.5 Å². The average molecular weight is 288 g/mol. The third kappa shape index (κ3) is 3.25. The summed E-state index contributed by atoms with van der Waals surface area (Å²) in [4.78, 5) is 6.62. The van der Waals surface area contributed by atoms with Gasteiger partial charge in [-0.2, -0.15) is 11.8 Å². The van der Waals surface area contributed by atoms with Crippen LogP contribution in [-0.2, 0) is 6.42 Å². The summed E-state index contributed by atoms with van der Waals surface area (Å²) in [6.07, 6.45) is 4.81. The summed E-state index contributed by atoms with van der Waals surface area (Å²) in [7, 11) is 0. The summed E-state index contributed by atoms with van der Waals surface area (Å²) in [6.45, 7) is 4.23. The predicted octanol–water partition coefficient (Wildman–Crippen LogP) is 3.32. The van der Waals surface area contributed by atoms with Crippen LogP contribution in [0.3, 0.4) is 0 Å². The fraction of sp³-hybridized carbons (Fsp3) is 0.438. The molecule has 3 heterocycles. The van der Waals surface area contributed by atoms with Crippen LogP contribution in [0.1, 0.15) is 23.1 Å². The second kappa shape index (κ2) is 6.46. The standard InChI is InChI=1S/C16H20N2OS/c1-13-2-3-16(19-13)15-12-20-11-10-18(15)9-6-14-4-7-17-8-5-14/h2-5,7-8,15H,6,9-12H2,1H3. The van der Waals surface area contributed by atoms with Crippen molar-refractivity contribution in [3.05, 3.63) is 53.7 Å². The van der Waals surface area contributed by atoms with Gasteiger partial charge in [0, 0.05) is 37.0 Å². The maximum absolute atomic E-state index is 5.84. The smallest absolute Gasteiger partial charge is 0.122 e. The molecule has 0 aromatic carbocycles. The number of hydrogen-bond acceptors (Lipinski definition) is 4. The summed E-state index contributed by atoms with van der Waals surface area (Å²) >= 11 is 2.02. The molecule has 0 N–H and O–H groups in total. The van der Waals surface area contributed by atoms with Crippen molar-refractivity contribution < 1.29 is 4.42 Å². The molecule has 1 aliphatic heterocycles. The van der Waals surface area contributed by atoms with Crippen molar-refractivity contribution in [2.75, 3.05) is 24.6 Å². The Morgan fingerprint density at radius 1 is 1.30 bits per heavy atom. The molecular weight excluding hydrogens is 268 g/mol. The number of aryl methyl sites for hydroxylation is 1. The molecule has 3 rings (SSSR count). The van der Waals surface area contributed by atoms with Crippen LogP contribution < -0.4 is 0 Å². The minimum Gasteiger partial charge on any atom is -0.465 e. The van der Waals surface area contributed by atoms with Crippen molar-refractivity contribution >= 4 is 11.8 Å². The first-order valence-corrected chi connectivity index (χ1v) is 8.25. The Balaban J connectivity index is 1.66. The first kappa shape index (κ1) is 13.7. The van der Waals surface area contributed by atoms with Crippen LogP contribution in [-0.4, -0.2) is 34.5 Å². The highest BCUT2D eigenvalue weighted by Gasteiger charge is 2.26. The molecule has 0 bridgehead atoms. The van der Waals surface area contributed by atoms with Crippen molar-refractivity contribution in [3.63, 3.8) is 0 Å². The topological polar surface area (TPSA) is 29.3 Å². The van der Waals surface area contributed by atoms with Crippen molar-refractivity contribution in [2.24, 2.45) is 0 Å². The molecule has 1 fully saturated rings. The van der Waals surface area contributed by atoms with Gasteiger partial charge in [0.25, 0.3) is 0 Å². The van der Waals surface area contributed by atoms with Gasteiger partial charge in [0.05, 0.1) is 6.04 Å². The van der Waals surface area contributed by atoms with Crippen molar-refractivity contribution in [1.29, 1.82) is 0 Å². The van der Waals surface area contributed by atoms with Crippen LogP contribution in [0, 0.1) is 6.92 Å². The lowest BCUT2D eigenvalue weighted by atomic mass is 10.1. The molecular formula is C16H20N2OS. The lowest BCUT2D eigenvalue weighted by Crippen LogP contribution is -2.37. The maximum atomic E-state index is 5.84. The Hall–Kier alpha value is -1.26. The van der Waals surface area contributed by atoms with Crippen LogP contribution in [0.25, 0.3) is 0 Å². The zero-order valence-electron chi connectivity index (χ0n) is 11.8. The normalized spacial score (nSPS) is 20.1. The molecule has 0 amide bonds. The highest BCUT2D eigenvalue weighted by atomic mass is 32.2. The number of thioether (sulfide) groups is 1. The fourth-order valence-electron chi connectivity index (χ4n) is 2.62. The molecule has 2 aromatic rings. The largest absolute Gasteiger partial charge is 0.465 e. The lowest BCUT2D eigenvalue weighted by molar-refractivity contribution is 0.197. The molecule has 0 radical (unpaired) electrons. The van der Waals surface area contributed by atoms with E-state index in [0.717, 1.165) is 36.8 Å². The van der Waals surface area contributed by atoms with Crippen LogP contribution >= 0.6 is 11.8 Å². The first-order valence-electron chi connectivity index (χ1n) is 7.10. The third-order valence-electron chi connectivity index (χ3n) is 3.77. The second-order valence-corrected chi connectivity index (χ2v) is 6.33. The number of furan rings is 1. The zero-order valence-corrected chi connectivity index (χ0v) is 12.6. The number of pyridine rings is 1. The fourth-order valence-corrected chi connectivity index (χ4v) is 3.75. The minimum atomic E-state index is 0.421. The summed E-state index contributed by atoms with van der Waals surface area (Å²) < 4.78 is 5.84. The summed E-state index contributed by atoms with van der Waals surface area (Å²) in [5.41, 5.74) is 1.35. The van der Waals surface area contributed by atoms with E-state index in [0.29, 0.717) is 6.04 Å². The van der Waals surface area contributed by atoms with Crippen LogP contribution in [0.15, 0.2) is 41.1 Å². The van der Waals surface area contributed by atoms with E-state index in [1.54, 1.807) is 0 Å². The van der Waals surface area contributed by atoms with Gasteiger partial charge in [-0.3, -0.25) is 9.88 Å². The summed E-state index contributed by atoms with van der Waals surface area (Å²) in [5.74, 6) is 4.46. The van der Waals surface area contributed by atoms with Gasteiger partial charge in [-0.15, -0.1) is 0 Å². The van der Waals surface area contributed by atoms with E-state index in [9.17, 15) is 0 Å². The summed E-state index contributed by atoms with van der Waals surface area (Å²) in [5, 5.41) is 0.